The first-order chi connectivity index (χ1) is 9.49. The van der Waals surface area contributed by atoms with E-state index in [1.807, 2.05) is 0 Å². The predicted molar refractivity (Wildman–Crippen MR) is 76.9 cm³/mol. The van der Waals surface area contributed by atoms with Crippen molar-refractivity contribution in [2.45, 2.75) is 26.8 Å². The SMILES string of the molecule is CCOC(=O)[C@H](Nc1ccc(OC)cc1)[C@@H](C)C(C)=O. The summed E-state index contributed by atoms with van der Waals surface area (Å²) in [7, 11) is 1.58. The lowest BCUT2D eigenvalue weighted by Crippen LogP contribution is -2.40. The van der Waals surface area contributed by atoms with E-state index in [-0.39, 0.29) is 12.4 Å². The van der Waals surface area contributed by atoms with Gasteiger partial charge < -0.3 is 14.8 Å². The molecule has 110 valence electrons. The Labute approximate surface area is 119 Å². The first kappa shape index (κ1) is 16.0. The molecule has 1 rings (SSSR count). The van der Waals surface area contributed by atoms with E-state index in [2.05, 4.69) is 5.32 Å². The van der Waals surface area contributed by atoms with Crippen LogP contribution >= 0.6 is 0 Å². The van der Waals surface area contributed by atoms with Crippen molar-refractivity contribution in [3.8, 4) is 5.75 Å². The maximum absolute atomic E-state index is 12.0. The van der Waals surface area contributed by atoms with Gasteiger partial charge in [0.1, 0.15) is 17.6 Å². The molecule has 2 atom stereocenters. The van der Waals surface area contributed by atoms with Crippen molar-refractivity contribution in [1.29, 1.82) is 0 Å². The molecule has 0 aliphatic carbocycles. The third-order valence-corrected chi connectivity index (χ3v) is 3.09. The van der Waals surface area contributed by atoms with Crippen molar-refractivity contribution in [1.82, 2.24) is 0 Å². The number of hydrogen-bond donors (Lipinski definition) is 1. The fourth-order valence-electron chi connectivity index (χ4n) is 1.72. The third kappa shape index (κ3) is 4.26. The Bertz CT molecular complexity index is 455. The lowest BCUT2D eigenvalue weighted by Gasteiger charge is -2.22. The van der Waals surface area contributed by atoms with Gasteiger partial charge in [0.05, 0.1) is 13.7 Å². The third-order valence-electron chi connectivity index (χ3n) is 3.09. The summed E-state index contributed by atoms with van der Waals surface area (Å²) in [5.41, 5.74) is 0.733. The fourth-order valence-corrected chi connectivity index (χ4v) is 1.72. The van der Waals surface area contributed by atoms with E-state index < -0.39 is 17.9 Å². The number of ketones is 1. The molecule has 0 radical (unpaired) electrons. The molecule has 0 fully saturated rings. The van der Waals surface area contributed by atoms with E-state index in [9.17, 15) is 9.59 Å². The average Bonchev–Trinajstić information content (AvgIpc) is 2.44. The topological polar surface area (TPSA) is 64.6 Å². The van der Waals surface area contributed by atoms with Crippen molar-refractivity contribution in [2.75, 3.05) is 19.0 Å². The molecule has 0 aliphatic heterocycles. The number of nitrogens with one attached hydrogen (secondary N) is 1. The molecule has 0 unspecified atom stereocenters. The largest absolute Gasteiger partial charge is 0.497 e. The van der Waals surface area contributed by atoms with E-state index in [4.69, 9.17) is 9.47 Å². The van der Waals surface area contributed by atoms with Crippen LogP contribution in [-0.4, -0.2) is 31.5 Å². The van der Waals surface area contributed by atoms with Gasteiger partial charge in [0, 0.05) is 11.6 Å². The lowest BCUT2D eigenvalue weighted by molar-refractivity contribution is -0.146. The second-order valence-electron chi connectivity index (χ2n) is 4.50. The summed E-state index contributed by atoms with van der Waals surface area (Å²) in [5, 5.41) is 3.05. The van der Waals surface area contributed by atoms with Crippen molar-refractivity contribution in [3.63, 3.8) is 0 Å². The van der Waals surface area contributed by atoms with Crippen LogP contribution in [0.3, 0.4) is 0 Å². The monoisotopic (exact) mass is 279 g/mol. The number of hydrogen-bond acceptors (Lipinski definition) is 5. The second-order valence-corrected chi connectivity index (χ2v) is 4.50. The normalized spacial score (nSPS) is 13.2. The molecular weight excluding hydrogens is 258 g/mol. The van der Waals surface area contributed by atoms with Crippen LogP contribution in [0.15, 0.2) is 24.3 Å². The molecule has 0 amide bonds. The molecule has 0 aliphatic rings. The smallest absolute Gasteiger partial charge is 0.329 e. The van der Waals surface area contributed by atoms with Gasteiger partial charge in [-0.2, -0.15) is 0 Å². The number of rotatable bonds is 7. The van der Waals surface area contributed by atoms with Gasteiger partial charge in [-0.25, -0.2) is 4.79 Å². The van der Waals surface area contributed by atoms with Gasteiger partial charge in [0.2, 0.25) is 0 Å². The molecule has 0 aromatic heterocycles. The number of carbonyl (C=O) groups excluding carboxylic acids is 2. The van der Waals surface area contributed by atoms with Gasteiger partial charge in [-0.15, -0.1) is 0 Å². The summed E-state index contributed by atoms with van der Waals surface area (Å²) in [6.07, 6.45) is 0. The van der Waals surface area contributed by atoms with Crippen molar-refractivity contribution < 1.29 is 19.1 Å². The predicted octanol–water partition coefficient (Wildman–Crippen LogP) is 2.26. The Morgan fingerprint density at radius 1 is 1.25 bits per heavy atom. The molecular formula is C15H21NO4. The zero-order chi connectivity index (χ0) is 15.1. The van der Waals surface area contributed by atoms with E-state index in [0.717, 1.165) is 11.4 Å². The number of carbonyl (C=O) groups is 2. The maximum Gasteiger partial charge on any atom is 0.329 e. The molecule has 0 saturated carbocycles. The molecule has 5 nitrogen and oxygen atoms in total. The van der Waals surface area contributed by atoms with Gasteiger partial charge in [-0.3, -0.25) is 4.79 Å². The van der Waals surface area contributed by atoms with E-state index in [0.29, 0.717) is 0 Å². The summed E-state index contributed by atoms with van der Waals surface area (Å²) in [6.45, 7) is 5.19. The maximum atomic E-state index is 12.0. The Morgan fingerprint density at radius 2 is 1.85 bits per heavy atom. The van der Waals surface area contributed by atoms with Gasteiger partial charge in [0.15, 0.2) is 0 Å². The van der Waals surface area contributed by atoms with Gasteiger partial charge in [-0.1, -0.05) is 6.92 Å². The van der Waals surface area contributed by atoms with Crippen LogP contribution in [0.1, 0.15) is 20.8 Å². The van der Waals surface area contributed by atoms with Crippen molar-refractivity contribution >= 4 is 17.4 Å². The molecule has 0 saturated heterocycles. The van der Waals surface area contributed by atoms with Gasteiger partial charge in [-0.05, 0) is 38.1 Å². The van der Waals surface area contributed by atoms with Gasteiger partial charge in [0.25, 0.3) is 0 Å². The highest BCUT2D eigenvalue weighted by Gasteiger charge is 2.29. The standard InChI is InChI=1S/C15H21NO4/c1-5-20-15(18)14(10(2)11(3)17)16-12-6-8-13(19-4)9-7-12/h6-10,14,16H,5H2,1-4H3/t10-,14+/m0/s1. The minimum Gasteiger partial charge on any atom is -0.497 e. The molecule has 1 aromatic carbocycles. The summed E-state index contributed by atoms with van der Waals surface area (Å²) in [5.74, 6) is -0.228. The summed E-state index contributed by atoms with van der Waals surface area (Å²) < 4.78 is 10.1. The summed E-state index contributed by atoms with van der Waals surface area (Å²) >= 11 is 0. The van der Waals surface area contributed by atoms with Crippen LogP contribution in [0, 0.1) is 5.92 Å². The number of ether oxygens (including phenoxy) is 2. The fraction of sp³-hybridized carbons (Fsp3) is 0.467. The van der Waals surface area contributed by atoms with Crippen LogP contribution in [0.4, 0.5) is 5.69 Å². The second kappa shape index (κ2) is 7.53. The van der Waals surface area contributed by atoms with Crippen LogP contribution < -0.4 is 10.1 Å². The van der Waals surface area contributed by atoms with Gasteiger partial charge >= 0.3 is 5.97 Å². The van der Waals surface area contributed by atoms with E-state index in [1.54, 1.807) is 45.2 Å². The highest BCUT2D eigenvalue weighted by atomic mass is 16.5. The molecule has 0 bridgehead atoms. The Hall–Kier alpha value is -2.04. The first-order valence-electron chi connectivity index (χ1n) is 6.57. The lowest BCUT2D eigenvalue weighted by atomic mass is 9.97. The zero-order valence-corrected chi connectivity index (χ0v) is 12.3. The van der Waals surface area contributed by atoms with Crippen LogP contribution in [0.25, 0.3) is 0 Å². The Morgan fingerprint density at radius 3 is 2.30 bits per heavy atom. The van der Waals surface area contributed by atoms with Crippen molar-refractivity contribution in [3.05, 3.63) is 24.3 Å². The molecule has 20 heavy (non-hydrogen) atoms. The van der Waals surface area contributed by atoms with Crippen molar-refractivity contribution in [2.24, 2.45) is 5.92 Å². The number of esters is 1. The number of methoxy groups -OCH3 is 1. The van der Waals surface area contributed by atoms with Crippen LogP contribution in [0.5, 0.6) is 5.75 Å². The Kier molecular flexibility index (Phi) is 6.03. The minimum atomic E-state index is -0.694. The minimum absolute atomic E-state index is 0.0657. The highest BCUT2D eigenvalue weighted by molar-refractivity contribution is 5.89. The van der Waals surface area contributed by atoms with Crippen LogP contribution in [-0.2, 0) is 14.3 Å². The van der Waals surface area contributed by atoms with E-state index >= 15 is 0 Å². The number of benzene rings is 1. The highest BCUT2D eigenvalue weighted by Crippen LogP contribution is 2.19. The molecule has 5 heteroatoms. The van der Waals surface area contributed by atoms with Crippen LogP contribution in [0.2, 0.25) is 0 Å². The quantitative estimate of drug-likeness (QED) is 0.776. The number of Topliss-reactive ketones (excluding diaryl/α,β-unsaturated/α-hetero) is 1. The zero-order valence-electron chi connectivity index (χ0n) is 12.3. The molecule has 1 aromatic rings. The summed E-state index contributed by atoms with van der Waals surface area (Å²) in [4.78, 5) is 23.5. The average molecular weight is 279 g/mol. The Balaban J connectivity index is 2.87. The molecule has 0 spiro atoms. The molecule has 1 N–H and O–H groups in total. The first-order valence-corrected chi connectivity index (χ1v) is 6.57. The summed E-state index contributed by atoms with van der Waals surface area (Å²) in [6, 6.07) is 6.45. The number of anilines is 1. The molecule has 0 heterocycles. The van der Waals surface area contributed by atoms with E-state index in [1.165, 1.54) is 6.92 Å².